The fourth-order valence-electron chi connectivity index (χ4n) is 4.53. The van der Waals surface area contributed by atoms with Crippen molar-refractivity contribution in [1.29, 1.82) is 0 Å². The molecule has 2 saturated heterocycles. The molecule has 0 unspecified atom stereocenters. The lowest BCUT2D eigenvalue weighted by Gasteiger charge is -2.50. The quantitative estimate of drug-likeness (QED) is 0.490. The fraction of sp³-hybridized carbons (Fsp3) is 0.706. The number of piperidine rings is 1. The highest BCUT2D eigenvalue weighted by molar-refractivity contribution is 5.17. The summed E-state index contributed by atoms with van der Waals surface area (Å²) in [5, 5.41) is 39.7. The van der Waals surface area contributed by atoms with Gasteiger partial charge in [-0.2, -0.15) is 0 Å². The highest BCUT2D eigenvalue weighted by Gasteiger charge is 2.48. The van der Waals surface area contributed by atoms with E-state index in [4.69, 9.17) is 4.74 Å². The number of aliphatic hydroxyl groups is 4. The molecule has 25 heavy (non-hydrogen) atoms. The van der Waals surface area contributed by atoms with Crippen molar-refractivity contribution in [3.8, 4) is 0 Å². The van der Waals surface area contributed by atoms with Crippen LogP contribution in [-0.4, -0.2) is 80.2 Å². The van der Waals surface area contributed by atoms with Gasteiger partial charge in [0.2, 0.25) is 0 Å². The number of fused-ring (bicyclic) bond motifs is 4. The zero-order valence-corrected chi connectivity index (χ0v) is 13.8. The summed E-state index contributed by atoms with van der Waals surface area (Å²) in [7, 11) is 0. The van der Waals surface area contributed by atoms with Crippen molar-refractivity contribution in [3.63, 3.8) is 0 Å². The van der Waals surface area contributed by atoms with Gasteiger partial charge < -0.3 is 29.7 Å². The minimum atomic E-state index is -1.37. The van der Waals surface area contributed by atoms with Crippen molar-refractivity contribution in [1.82, 2.24) is 9.47 Å². The maximum Gasteiger partial charge on any atom is 0.250 e. The Bertz CT molecular complexity index is 692. The molecule has 1 aromatic rings. The Morgan fingerprint density at radius 2 is 1.88 bits per heavy atom. The van der Waals surface area contributed by atoms with Gasteiger partial charge in [0.05, 0.1) is 6.61 Å². The Kier molecular flexibility index (Phi) is 4.43. The molecule has 4 rings (SSSR count). The number of aliphatic hydroxyl groups excluding tert-OH is 4. The van der Waals surface area contributed by atoms with Crippen LogP contribution in [0, 0.1) is 5.92 Å². The average Bonchev–Trinajstić information content (AvgIpc) is 2.61. The van der Waals surface area contributed by atoms with E-state index in [1.54, 1.807) is 12.1 Å². The van der Waals surface area contributed by atoms with Crippen molar-refractivity contribution >= 4 is 0 Å². The largest absolute Gasteiger partial charge is 0.394 e. The van der Waals surface area contributed by atoms with Gasteiger partial charge in [0.25, 0.3) is 5.56 Å². The Labute approximate surface area is 144 Å². The lowest BCUT2D eigenvalue weighted by atomic mass is 9.82. The van der Waals surface area contributed by atoms with Crippen molar-refractivity contribution in [2.45, 2.75) is 49.5 Å². The third kappa shape index (κ3) is 2.83. The number of ether oxygens (including phenoxy) is 1. The third-order valence-electron chi connectivity index (χ3n) is 5.73. The summed E-state index contributed by atoms with van der Waals surface area (Å²) in [6.07, 6.45) is -4.69. The zero-order valence-electron chi connectivity index (χ0n) is 13.8. The van der Waals surface area contributed by atoms with Crippen molar-refractivity contribution in [2.75, 3.05) is 19.7 Å². The molecular weight excluding hydrogens is 328 g/mol. The van der Waals surface area contributed by atoms with Gasteiger partial charge in [0, 0.05) is 37.3 Å². The Morgan fingerprint density at radius 1 is 1.08 bits per heavy atom. The molecule has 7 atom stereocenters. The molecule has 0 aromatic carbocycles. The summed E-state index contributed by atoms with van der Waals surface area (Å²) in [4.78, 5) is 14.0. The van der Waals surface area contributed by atoms with Crippen LogP contribution < -0.4 is 5.56 Å². The molecule has 4 N–H and O–H groups in total. The van der Waals surface area contributed by atoms with Gasteiger partial charge in [0.1, 0.15) is 30.6 Å². The summed E-state index contributed by atoms with van der Waals surface area (Å²) in [5.41, 5.74) is 0.992. The molecule has 0 spiro atoms. The molecule has 0 radical (unpaired) electrons. The van der Waals surface area contributed by atoms with E-state index >= 15 is 0 Å². The van der Waals surface area contributed by atoms with Crippen molar-refractivity contribution in [3.05, 3.63) is 34.2 Å². The van der Waals surface area contributed by atoms with Gasteiger partial charge >= 0.3 is 0 Å². The molecule has 4 heterocycles. The molecule has 1 aromatic heterocycles. The second-order valence-electron chi connectivity index (χ2n) is 7.37. The average molecular weight is 352 g/mol. The maximum atomic E-state index is 12.1. The number of hydrogen-bond donors (Lipinski definition) is 4. The number of aromatic nitrogens is 1. The highest BCUT2D eigenvalue weighted by atomic mass is 16.6. The normalized spacial score (nSPS) is 41.4. The van der Waals surface area contributed by atoms with Crippen LogP contribution in [0.15, 0.2) is 23.0 Å². The first kappa shape index (κ1) is 17.1. The molecule has 0 aliphatic carbocycles. The van der Waals surface area contributed by atoms with E-state index in [1.807, 2.05) is 15.5 Å². The van der Waals surface area contributed by atoms with Crippen LogP contribution in [0.1, 0.15) is 18.0 Å². The van der Waals surface area contributed by atoms with Gasteiger partial charge in [-0.15, -0.1) is 0 Å². The van der Waals surface area contributed by atoms with Gasteiger partial charge in [0.15, 0.2) is 0 Å². The minimum Gasteiger partial charge on any atom is -0.394 e. The Hall–Kier alpha value is -1.29. The van der Waals surface area contributed by atoms with E-state index in [9.17, 15) is 25.2 Å². The summed E-state index contributed by atoms with van der Waals surface area (Å²) < 4.78 is 7.52. The highest BCUT2D eigenvalue weighted by Crippen LogP contribution is 2.37. The minimum absolute atomic E-state index is 0.00786. The molecule has 8 nitrogen and oxygen atoms in total. The predicted octanol–water partition coefficient (Wildman–Crippen LogP) is -1.93. The van der Waals surface area contributed by atoms with Crippen LogP contribution in [0.25, 0.3) is 0 Å². The van der Waals surface area contributed by atoms with Crippen LogP contribution in [0.2, 0.25) is 0 Å². The second kappa shape index (κ2) is 6.46. The molecule has 8 heteroatoms. The maximum absolute atomic E-state index is 12.1. The summed E-state index contributed by atoms with van der Waals surface area (Å²) >= 11 is 0. The Balaban J connectivity index is 1.58. The van der Waals surface area contributed by atoms with E-state index < -0.39 is 37.3 Å². The summed E-state index contributed by atoms with van der Waals surface area (Å²) in [6.45, 7) is 1.41. The monoisotopic (exact) mass is 352 g/mol. The zero-order chi connectivity index (χ0) is 17.7. The lowest BCUT2D eigenvalue weighted by Crippen LogP contribution is -2.65. The lowest BCUT2D eigenvalue weighted by molar-refractivity contribution is -0.269. The topological polar surface area (TPSA) is 115 Å². The molecule has 3 aliphatic rings. The van der Waals surface area contributed by atoms with Crippen LogP contribution in [-0.2, 0) is 11.3 Å². The smallest absolute Gasteiger partial charge is 0.250 e. The SMILES string of the molecule is O=c1cccc2n1C[C@H]1C[C@H]2CN([C@@H]2O[C@H](CO)[C@H](O)[C@H](O)[C@@H]2O)C1. The number of pyridine rings is 1. The molecule has 2 fully saturated rings. The number of rotatable bonds is 2. The first-order valence-electron chi connectivity index (χ1n) is 8.74. The van der Waals surface area contributed by atoms with Crippen LogP contribution in [0.5, 0.6) is 0 Å². The van der Waals surface area contributed by atoms with E-state index in [0.717, 1.165) is 12.1 Å². The Morgan fingerprint density at radius 3 is 2.64 bits per heavy atom. The van der Waals surface area contributed by atoms with E-state index in [-0.39, 0.29) is 17.4 Å². The fourth-order valence-corrected chi connectivity index (χ4v) is 4.53. The van der Waals surface area contributed by atoms with Gasteiger partial charge in [-0.1, -0.05) is 6.07 Å². The summed E-state index contributed by atoms with van der Waals surface area (Å²) in [5.74, 6) is 0.396. The summed E-state index contributed by atoms with van der Waals surface area (Å²) in [6, 6.07) is 5.29. The first-order chi connectivity index (χ1) is 12.0. The number of nitrogens with zero attached hydrogens (tertiary/aromatic N) is 2. The van der Waals surface area contributed by atoms with Crippen LogP contribution >= 0.6 is 0 Å². The molecule has 3 aliphatic heterocycles. The van der Waals surface area contributed by atoms with Crippen molar-refractivity contribution in [2.24, 2.45) is 5.92 Å². The van der Waals surface area contributed by atoms with Gasteiger partial charge in [-0.05, 0) is 18.4 Å². The third-order valence-corrected chi connectivity index (χ3v) is 5.73. The number of hydrogen-bond acceptors (Lipinski definition) is 7. The van der Waals surface area contributed by atoms with E-state index in [1.165, 1.54) is 0 Å². The second-order valence-corrected chi connectivity index (χ2v) is 7.37. The standard InChI is InChI=1S/C17H24N2O6/c20-8-12-14(22)15(23)16(24)17(25-12)18-5-9-4-10(7-18)11-2-1-3-13(21)19(11)6-9/h1-3,9-10,12,14-17,20,22-24H,4-8H2/t9-,10-,12+,14-,15-,16-,17+/m0/s1. The number of likely N-dealkylation sites (tertiary alicyclic amines) is 1. The van der Waals surface area contributed by atoms with E-state index in [2.05, 4.69) is 0 Å². The van der Waals surface area contributed by atoms with Crippen LogP contribution in [0.4, 0.5) is 0 Å². The first-order valence-corrected chi connectivity index (χ1v) is 8.74. The molecule has 0 amide bonds. The molecule has 138 valence electrons. The van der Waals surface area contributed by atoms with Gasteiger partial charge in [-0.25, -0.2) is 0 Å². The van der Waals surface area contributed by atoms with E-state index in [0.29, 0.717) is 19.6 Å². The van der Waals surface area contributed by atoms with Crippen molar-refractivity contribution < 1.29 is 25.2 Å². The van der Waals surface area contributed by atoms with Crippen LogP contribution in [0.3, 0.4) is 0 Å². The molecule has 0 saturated carbocycles. The van der Waals surface area contributed by atoms with Gasteiger partial charge in [-0.3, -0.25) is 9.69 Å². The predicted molar refractivity (Wildman–Crippen MR) is 86.9 cm³/mol. The molecule has 2 bridgehead atoms. The molecular formula is C17H24N2O6.